The first-order valence-corrected chi connectivity index (χ1v) is 6.49. The first kappa shape index (κ1) is 12.6. The average Bonchev–Trinajstić information content (AvgIpc) is 2.97. The molecule has 0 radical (unpaired) electrons. The van der Waals surface area contributed by atoms with Crippen LogP contribution in [-0.4, -0.2) is 24.4 Å². The molecule has 1 aliphatic rings. The van der Waals surface area contributed by atoms with E-state index in [9.17, 15) is 9.18 Å². The van der Waals surface area contributed by atoms with E-state index in [2.05, 4.69) is 22.9 Å². The SMILES string of the molecule is CC1CC1CN(C)C(=O)c1cccc(F)c1Br. The van der Waals surface area contributed by atoms with Crippen LogP contribution in [0, 0.1) is 17.7 Å². The Morgan fingerprint density at radius 2 is 2.24 bits per heavy atom. The summed E-state index contributed by atoms with van der Waals surface area (Å²) in [4.78, 5) is 13.8. The van der Waals surface area contributed by atoms with E-state index < -0.39 is 5.82 Å². The normalized spacial score (nSPS) is 22.4. The molecule has 0 aromatic heterocycles. The van der Waals surface area contributed by atoms with Crippen molar-refractivity contribution in [3.63, 3.8) is 0 Å². The van der Waals surface area contributed by atoms with Gasteiger partial charge in [-0.1, -0.05) is 13.0 Å². The summed E-state index contributed by atoms with van der Waals surface area (Å²) in [5.41, 5.74) is 0.390. The Labute approximate surface area is 109 Å². The number of hydrogen-bond acceptors (Lipinski definition) is 1. The van der Waals surface area contributed by atoms with Crippen LogP contribution in [0.2, 0.25) is 0 Å². The maximum atomic E-state index is 13.3. The molecule has 17 heavy (non-hydrogen) atoms. The van der Waals surface area contributed by atoms with Crippen LogP contribution in [0.15, 0.2) is 22.7 Å². The van der Waals surface area contributed by atoms with Crippen LogP contribution < -0.4 is 0 Å². The van der Waals surface area contributed by atoms with E-state index in [0.717, 1.165) is 6.54 Å². The minimum atomic E-state index is -0.399. The van der Waals surface area contributed by atoms with Crippen molar-refractivity contribution in [3.05, 3.63) is 34.1 Å². The zero-order chi connectivity index (χ0) is 12.6. The highest BCUT2D eigenvalue weighted by Gasteiger charge is 2.34. The molecule has 1 saturated carbocycles. The Kier molecular flexibility index (Phi) is 3.52. The number of halogens is 2. The van der Waals surface area contributed by atoms with Crippen LogP contribution in [0.3, 0.4) is 0 Å². The number of benzene rings is 1. The molecule has 2 unspecified atom stereocenters. The third-order valence-corrected chi connectivity index (χ3v) is 4.12. The van der Waals surface area contributed by atoms with Gasteiger partial charge >= 0.3 is 0 Å². The molecule has 1 aliphatic carbocycles. The molecule has 1 fully saturated rings. The minimum absolute atomic E-state index is 0.129. The molecular weight excluding hydrogens is 285 g/mol. The fourth-order valence-corrected chi connectivity index (χ4v) is 2.40. The van der Waals surface area contributed by atoms with E-state index in [-0.39, 0.29) is 10.4 Å². The van der Waals surface area contributed by atoms with Gasteiger partial charge in [0, 0.05) is 13.6 Å². The summed E-state index contributed by atoms with van der Waals surface area (Å²) in [6.45, 7) is 2.93. The quantitative estimate of drug-likeness (QED) is 0.838. The first-order valence-electron chi connectivity index (χ1n) is 5.70. The molecule has 2 rings (SSSR count). The molecule has 0 heterocycles. The van der Waals surface area contributed by atoms with E-state index in [1.165, 1.54) is 12.5 Å². The van der Waals surface area contributed by atoms with E-state index in [0.29, 0.717) is 17.4 Å². The topological polar surface area (TPSA) is 20.3 Å². The van der Waals surface area contributed by atoms with Gasteiger partial charge in [0.1, 0.15) is 5.82 Å². The van der Waals surface area contributed by atoms with Crippen molar-refractivity contribution in [1.29, 1.82) is 0 Å². The lowest BCUT2D eigenvalue weighted by molar-refractivity contribution is 0.0785. The van der Waals surface area contributed by atoms with Gasteiger partial charge in [-0.25, -0.2) is 4.39 Å². The van der Waals surface area contributed by atoms with Crippen molar-refractivity contribution >= 4 is 21.8 Å². The molecule has 1 amide bonds. The Bertz CT molecular complexity index is 449. The summed E-state index contributed by atoms with van der Waals surface area (Å²) in [5, 5.41) is 0. The molecule has 0 spiro atoms. The molecule has 92 valence electrons. The lowest BCUT2D eigenvalue weighted by atomic mass is 10.2. The van der Waals surface area contributed by atoms with Gasteiger partial charge < -0.3 is 4.90 Å². The summed E-state index contributed by atoms with van der Waals surface area (Å²) in [6.07, 6.45) is 1.18. The Hall–Kier alpha value is -0.900. The zero-order valence-electron chi connectivity index (χ0n) is 9.91. The van der Waals surface area contributed by atoms with Crippen LogP contribution in [0.5, 0.6) is 0 Å². The number of carbonyl (C=O) groups excluding carboxylic acids is 1. The highest BCUT2D eigenvalue weighted by Crippen LogP contribution is 2.38. The van der Waals surface area contributed by atoms with Crippen LogP contribution in [0.1, 0.15) is 23.7 Å². The Morgan fingerprint density at radius 1 is 1.59 bits per heavy atom. The molecule has 0 saturated heterocycles. The molecule has 0 bridgehead atoms. The highest BCUT2D eigenvalue weighted by molar-refractivity contribution is 9.10. The summed E-state index contributed by atoms with van der Waals surface area (Å²) in [7, 11) is 1.77. The largest absolute Gasteiger partial charge is 0.341 e. The minimum Gasteiger partial charge on any atom is -0.341 e. The molecule has 2 atom stereocenters. The zero-order valence-corrected chi connectivity index (χ0v) is 11.5. The molecular formula is C13H15BrFNO. The summed E-state index contributed by atoms with van der Waals surface area (Å²) in [5.74, 6) is 0.789. The van der Waals surface area contributed by atoms with Crippen molar-refractivity contribution in [2.45, 2.75) is 13.3 Å². The number of carbonyl (C=O) groups is 1. The standard InChI is InChI=1S/C13H15BrFNO/c1-8-6-9(8)7-16(2)13(17)10-4-3-5-11(15)12(10)14/h3-5,8-9H,6-7H2,1-2H3. The number of rotatable bonds is 3. The molecule has 0 N–H and O–H groups in total. The van der Waals surface area contributed by atoms with Crippen LogP contribution in [-0.2, 0) is 0 Å². The number of amides is 1. The molecule has 0 aliphatic heterocycles. The van der Waals surface area contributed by atoms with Gasteiger partial charge in [0.25, 0.3) is 5.91 Å². The Morgan fingerprint density at radius 3 is 2.82 bits per heavy atom. The van der Waals surface area contributed by atoms with E-state index in [1.54, 1.807) is 24.1 Å². The van der Waals surface area contributed by atoms with E-state index >= 15 is 0 Å². The second-order valence-corrected chi connectivity index (χ2v) is 5.55. The number of nitrogens with zero attached hydrogens (tertiary/aromatic N) is 1. The predicted octanol–water partition coefficient (Wildman–Crippen LogP) is 3.32. The molecule has 4 heteroatoms. The van der Waals surface area contributed by atoms with E-state index in [1.807, 2.05) is 0 Å². The summed E-state index contributed by atoms with van der Waals surface area (Å²) in [6, 6.07) is 4.53. The lowest BCUT2D eigenvalue weighted by Crippen LogP contribution is -2.29. The molecule has 1 aromatic rings. The van der Waals surface area contributed by atoms with Gasteiger partial charge in [0.15, 0.2) is 0 Å². The first-order chi connectivity index (χ1) is 8.00. The average molecular weight is 300 g/mol. The second kappa shape index (κ2) is 4.77. The van der Waals surface area contributed by atoms with Crippen molar-refractivity contribution in [3.8, 4) is 0 Å². The molecule has 1 aromatic carbocycles. The van der Waals surface area contributed by atoms with Crippen molar-refractivity contribution in [1.82, 2.24) is 4.90 Å². The summed E-state index contributed by atoms with van der Waals surface area (Å²) >= 11 is 3.12. The van der Waals surface area contributed by atoms with Gasteiger partial charge in [-0.2, -0.15) is 0 Å². The lowest BCUT2D eigenvalue weighted by Gasteiger charge is -2.18. The Balaban J connectivity index is 2.10. The highest BCUT2D eigenvalue weighted by atomic mass is 79.9. The van der Waals surface area contributed by atoms with Crippen LogP contribution in [0.25, 0.3) is 0 Å². The van der Waals surface area contributed by atoms with Crippen molar-refractivity contribution < 1.29 is 9.18 Å². The fourth-order valence-electron chi connectivity index (χ4n) is 1.96. The van der Waals surface area contributed by atoms with Crippen molar-refractivity contribution in [2.24, 2.45) is 11.8 Å². The third-order valence-electron chi connectivity index (χ3n) is 3.31. The predicted molar refractivity (Wildman–Crippen MR) is 68.3 cm³/mol. The van der Waals surface area contributed by atoms with Gasteiger partial charge in [0.05, 0.1) is 10.0 Å². The van der Waals surface area contributed by atoms with Crippen molar-refractivity contribution in [2.75, 3.05) is 13.6 Å². The number of hydrogen-bond donors (Lipinski definition) is 0. The van der Waals surface area contributed by atoms with Gasteiger partial charge in [-0.05, 0) is 46.3 Å². The second-order valence-electron chi connectivity index (χ2n) is 4.76. The van der Waals surface area contributed by atoms with E-state index in [4.69, 9.17) is 0 Å². The third kappa shape index (κ3) is 2.68. The fraction of sp³-hybridized carbons (Fsp3) is 0.462. The monoisotopic (exact) mass is 299 g/mol. The van der Waals surface area contributed by atoms with Gasteiger partial charge in [0.2, 0.25) is 0 Å². The molecule has 2 nitrogen and oxygen atoms in total. The smallest absolute Gasteiger partial charge is 0.254 e. The maximum Gasteiger partial charge on any atom is 0.254 e. The summed E-state index contributed by atoms with van der Waals surface area (Å²) < 4.78 is 13.6. The van der Waals surface area contributed by atoms with Crippen LogP contribution in [0.4, 0.5) is 4.39 Å². The maximum absolute atomic E-state index is 13.3. The van der Waals surface area contributed by atoms with Gasteiger partial charge in [-0.15, -0.1) is 0 Å². The van der Waals surface area contributed by atoms with Gasteiger partial charge in [-0.3, -0.25) is 4.79 Å². The van der Waals surface area contributed by atoms with Crippen LogP contribution >= 0.6 is 15.9 Å².